The molecule has 0 aliphatic rings. The summed E-state index contributed by atoms with van der Waals surface area (Å²) in [6.07, 6.45) is 0. The van der Waals surface area contributed by atoms with E-state index >= 15 is 0 Å². The first-order valence-electron chi connectivity index (χ1n) is 6.52. The predicted octanol–water partition coefficient (Wildman–Crippen LogP) is 1.62. The zero-order chi connectivity index (χ0) is 14.0. The summed E-state index contributed by atoms with van der Waals surface area (Å²) in [7, 11) is 4.13. The molecule has 104 valence electrons. The summed E-state index contributed by atoms with van der Waals surface area (Å²) in [5.74, 6) is 2.20. The lowest BCUT2D eigenvalue weighted by molar-refractivity contribution is 0.413. The van der Waals surface area contributed by atoms with Crippen molar-refractivity contribution in [1.82, 2.24) is 19.9 Å². The minimum atomic E-state index is 0.573. The Morgan fingerprint density at radius 1 is 1.05 bits per heavy atom. The Bertz CT molecular complexity index is 563. The Labute approximate surface area is 113 Å². The number of aromatic nitrogens is 3. The van der Waals surface area contributed by atoms with Crippen LogP contribution < -0.4 is 4.90 Å². The van der Waals surface area contributed by atoms with Crippen molar-refractivity contribution in [2.45, 2.75) is 20.8 Å². The second-order valence-electron chi connectivity index (χ2n) is 4.86. The highest BCUT2D eigenvalue weighted by Crippen LogP contribution is 2.23. The second-order valence-corrected chi connectivity index (χ2v) is 4.86. The molecule has 0 bridgehead atoms. The molecule has 0 atom stereocenters. The first-order valence-corrected chi connectivity index (χ1v) is 6.52. The Morgan fingerprint density at radius 2 is 1.79 bits per heavy atom. The summed E-state index contributed by atoms with van der Waals surface area (Å²) in [6.45, 7) is 8.57. The lowest BCUT2D eigenvalue weighted by Gasteiger charge is -2.23. The van der Waals surface area contributed by atoms with Crippen LogP contribution in [0.3, 0.4) is 0 Å². The largest absolute Gasteiger partial charge is 0.422 e. The van der Waals surface area contributed by atoms with Crippen molar-refractivity contribution in [3.63, 3.8) is 0 Å². The van der Waals surface area contributed by atoms with Gasteiger partial charge in [0.15, 0.2) is 17.2 Å². The Kier molecular flexibility index (Phi) is 3.99. The van der Waals surface area contributed by atoms with Gasteiger partial charge in [0.05, 0.1) is 0 Å². The van der Waals surface area contributed by atoms with Crippen LogP contribution in [0.5, 0.6) is 0 Å². The summed E-state index contributed by atoms with van der Waals surface area (Å²) in [5, 5.41) is 0. The van der Waals surface area contributed by atoms with E-state index in [4.69, 9.17) is 4.42 Å². The van der Waals surface area contributed by atoms with E-state index in [1.807, 2.05) is 13.8 Å². The number of anilines is 1. The number of hydrogen-bond acceptors (Lipinski definition) is 6. The lowest BCUT2D eigenvalue weighted by atomic mass is 10.4. The van der Waals surface area contributed by atoms with E-state index in [0.717, 1.165) is 31.0 Å². The average Bonchev–Trinajstić information content (AvgIpc) is 2.69. The van der Waals surface area contributed by atoms with Gasteiger partial charge in [0.25, 0.3) is 5.71 Å². The molecule has 19 heavy (non-hydrogen) atoms. The molecule has 0 saturated carbocycles. The number of aryl methyl sites for hydroxylation is 2. The summed E-state index contributed by atoms with van der Waals surface area (Å²) >= 11 is 0. The molecule has 6 heteroatoms. The fraction of sp³-hybridized carbons (Fsp3) is 0.615. The molecule has 2 aromatic heterocycles. The van der Waals surface area contributed by atoms with Crippen LogP contribution in [0.15, 0.2) is 4.42 Å². The van der Waals surface area contributed by atoms with E-state index in [2.05, 4.69) is 45.8 Å². The number of fused-ring (bicyclic) bond motifs is 1. The molecule has 0 unspecified atom stereocenters. The molecule has 0 radical (unpaired) electrons. The zero-order valence-electron chi connectivity index (χ0n) is 12.3. The van der Waals surface area contributed by atoms with Crippen LogP contribution in [0, 0.1) is 13.8 Å². The molecular weight excluding hydrogens is 242 g/mol. The van der Waals surface area contributed by atoms with Crippen LogP contribution in [0.4, 0.5) is 5.82 Å². The highest BCUT2D eigenvalue weighted by Gasteiger charge is 2.16. The normalized spacial score (nSPS) is 11.5. The molecule has 0 fully saturated rings. The van der Waals surface area contributed by atoms with Crippen molar-refractivity contribution in [3.8, 4) is 0 Å². The SMILES string of the molecule is CCN(CCN(C)C)c1nc(C)nc2oc(C)nc12. The number of nitrogens with zero attached hydrogens (tertiary/aromatic N) is 5. The third-order valence-electron chi connectivity index (χ3n) is 2.96. The van der Waals surface area contributed by atoms with E-state index in [0.29, 0.717) is 17.4 Å². The van der Waals surface area contributed by atoms with Gasteiger partial charge in [-0.15, -0.1) is 0 Å². The summed E-state index contributed by atoms with van der Waals surface area (Å²) in [5.41, 5.74) is 1.33. The molecule has 2 heterocycles. The third kappa shape index (κ3) is 3.01. The molecular formula is C13H21N5O. The summed E-state index contributed by atoms with van der Waals surface area (Å²) in [4.78, 5) is 17.6. The molecule has 0 aliphatic heterocycles. The lowest BCUT2D eigenvalue weighted by Crippen LogP contribution is -2.32. The fourth-order valence-corrected chi connectivity index (χ4v) is 1.97. The van der Waals surface area contributed by atoms with E-state index < -0.39 is 0 Å². The maximum Gasteiger partial charge on any atom is 0.252 e. The maximum atomic E-state index is 5.51. The van der Waals surface area contributed by atoms with E-state index in [-0.39, 0.29) is 0 Å². The fourth-order valence-electron chi connectivity index (χ4n) is 1.97. The van der Waals surface area contributed by atoms with Crippen molar-refractivity contribution in [2.75, 3.05) is 38.6 Å². The van der Waals surface area contributed by atoms with E-state index in [9.17, 15) is 0 Å². The Hall–Kier alpha value is -1.69. The quantitative estimate of drug-likeness (QED) is 0.817. The molecule has 0 amide bonds. The number of rotatable bonds is 5. The third-order valence-corrected chi connectivity index (χ3v) is 2.96. The van der Waals surface area contributed by atoms with Gasteiger partial charge in [0.2, 0.25) is 0 Å². The minimum absolute atomic E-state index is 0.573. The van der Waals surface area contributed by atoms with Gasteiger partial charge in [0.1, 0.15) is 5.82 Å². The number of likely N-dealkylation sites (N-methyl/N-ethyl adjacent to an activating group) is 2. The van der Waals surface area contributed by atoms with E-state index in [1.165, 1.54) is 0 Å². The van der Waals surface area contributed by atoms with Gasteiger partial charge < -0.3 is 14.2 Å². The highest BCUT2D eigenvalue weighted by molar-refractivity contribution is 5.82. The summed E-state index contributed by atoms with van der Waals surface area (Å²) in [6, 6.07) is 0. The number of oxazole rings is 1. The molecule has 0 N–H and O–H groups in total. The molecule has 0 saturated heterocycles. The topological polar surface area (TPSA) is 58.3 Å². The standard InChI is InChI=1S/C13H21N5O/c1-6-18(8-7-17(4)5)12-11-13(15-9(2)14-12)19-10(3)16-11/h6-8H2,1-5H3. The molecule has 0 spiro atoms. The van der Waals surface area contributed by atoms with Gasteiger partial charge in [0, 0.05) is 26.6 Å². The molecule has 0 aliphatic carbocycles. The van der Waals surface area contributed by atoms with Crippen LogP contribution in [-0.4, -0.2) is 53.6 Å². The molecule has 2 rings (SSSR count). The molecule has 0 aromatic carbocycles. The van der Waals surface area contributed by atoms with Gasteiger partial charge >= 0.3 is 0 Å². The molecule has 6 nitrogen and oxygen atoms in total. The van der Waals surface area contributed by atoms with Crippen LogP contribution >= 0.6 is 0 Å². The van der Waals surface area contributed by atoms with Gasteiger partial charge in [-0.3, -0.25) is 0 Å². The summed E-state index contributed by atoms with van der Waals surface area (Å²) < 4.78 is 5.51. The zero-order valence-corrected chi connectivity index (χ0v) is 12.3. The minimum Gasteiger partial charge on any atom is -0.422 e. The van der Waals surface area contributed by atoms with Gasteiger partial charge in [-0.05, 0) is 27.9 Å². The molecule has 2 aromatic rings. The smallest absolute Gasteiger partial charge is 0.252 e. The first kappa shape index (κ1) is 13.7. The van der Waals surface area contributed by atoms with Crippen molar-refractivity contribution >= 4 is 17.0 Å². The van der Waals surface area contributed by atoms with Gasteiger partial charge in [-0.25, -0.2) is 9.97 Å². The monoisotopic (exact) mass is 263 g/mol. The Balaban J connectivity index is 2.40. The highest BCUT2D eigenvalue weighted by atomic mass is 16.4. The second kappa shape index (κ2) is 5.52. The van der Waals surface area contributed by atoms with Crippen molar-refractivity contribution in [1.29, 1.82) is 0 Å². The van der Waals surface area contributed by atoms with Crippen molar-refractivity contribution in [2.24, 2.45) is 0 Å². The van der Waals surface area contributed by atoms with Crippen molar-refractivity contribution in [3.05, 3.63) is 11.7 Å². The van der Waals surface area contributed by atoms with Gasteiger partial charge in [-0.1, -0.05) is 0 Å². The predicted molar refractivity (Wildman–Crippen MR) is 75.5 cm³/mol. The first-order chi connectivity index (χ1) is 9.01. The van der Waals surface area contributed by atoms with Crippen LogP contribution in [0.1, 0.15) is 18.6 Å². The van der Waals surface area contributed by atoms with Crippen LogP contribution in [0.25, 0.3) is 11.2 Å². The number of hydrogen-bond donors (Lipinski definition) is 0. The van der Waals surface area contributed by atoms with Crippen LogP contribution in [-0.2, 0) is 0 Å². The van der Waals surface area contributed by atoms with Crippen molar-refractivity contribution < 1.29 is 4.42 Å². The average molecular weight is 263 g/mol. The maximum absolute atomic E-state index is 5.51. The van der Waals surface area contributed by atoms with Gasteiger partial charge in [-0.2, -0.15) is 4.98 Å². The van der Waals surface area contributed by atoms with E-state index in [1.54, 1.807) is 0 Å². The Morgan fingerprint density at radius 3 is 2.42 bits per heavy atom. The van der Waals surface area contributed by atoms with Crippen LogP contribution in [0.2, 0.25) is 0 Å².